The van der Waals surface area contributed by atoms with Crippen LogP contribution in [0, 0.1) is 0 Å². The van der Waals surface area contributed by atoms with Crippen molar-refractivity contribution in [3.05, 3.63) is 22.3 Å². The van der Waals surface area contributed by atoms with Gasteiger partial charge in [-0.2, -0.15) is 0 Å². The molecule has 12 heavy (non-hydrogen) atoms. The molecule has 0 saturated heterocycles. The first-order chi connectivity index (χ1) is 5.83. The fourth-order valence-corrected chi connectivity index (χ4v) is 1.56. The number of Topliss-reactive ketones (excluding diaryl/α,β-unsaturated/α-hetero) is 1. The van der Waals surface area contributed by atoms with E-state index in [1.807, 2.05) is 13.1 Å². The summed E-state index contributed by atoms with van der Waals surface area (Å²) in [7, 11) is 0. The zero-order valence-electron chi connectivity index (χ0n) is 7.05. The molecule has 0 fully saturated rings. The lowest BCUT2D eigenvalue weighted by Crippen LogP contribution is -2.23. The Morgan fingerprint density at radius 2 is 2.50 bits per heavy atom. The second-order valence-electron chi connectivity index (χ2n) is 2.95. The molecular weight excluding hydrogens is 150 g/mol. The van der Waals surface area contributed by atoms with Gasteiger partial charge in [0.25, 0.3) is 0 Å². The first-order valence-electron chi connectivity index (χ1n) is 4.24. The highest BCUT2D eigenvalue weighted by atomic mass is 16.1. The Labute approximate surface area is 72.1 Å². The van der Waals surface area contributed by atoms with Crippen LogP contribution >= 0.6 is 0 Å². The average Bonchev–Trinajstić information content (AvgIpc) is 2.62. The number of hydrogen-bond acceptors (Lipinski definition) is 1. The third kappa shape index (κ3) is 0.916. The molecule has 1 N–H and O–H groups in total. The van der Waals surface area contributed by atoms with E-state index in [-0.39, 0.29) is 7.21 Å². The monoisotopic (exact) mass is 163 g/mol. The van der Waals surface area contributed by atoms with Gasteiger partial charge in [0.2, 0.25) is 0 Å². The van der Waals surface area contributed by atoms with Crippen LogP contribution < -0.4 is 10.6 Å². The molecule has 64 valence electrons. The summed E-state index contributed by atoms with van der Waals surface area (Å²) in [5.74, 6) is 0.221. The molecule has 0 atom stereocenters. The molecule has 0 saturated carbocycles. The van der Waals surface area contributed by atoms with Crippen molar-refractivity contribution < 1.29 is 6.22 Å². The number of nitrogens with one attached hydrogen (secondary N) is 1. The maximum Gasteiger partial charge on any atom is 0.164 e. The fourth-order valence-electron chi connectivity index (χ4n) is 1.56. The molecule has 1 aromatic heterocycles. The van der Waals surface area contributed by atoms with E-state index in [4.69, 9.17) is 0 Å². The van der Waals surface area contributed by atoms with Crippen LogP contribution in [0.1, 0.15) is 31.6 Å². The van der Waals surface area contributed by atoms with Crippen LogP contribution in [-0.4, -0.2) is 10.8 Å². The molecule has 2 heteroatoms. The van der Waals surface area contributed by atoms with Crippen LogP contribution in [0.15, 0.2) is 6.20 Å². The molecule has 0 radical (unpaired) electrons. The Hall–Kier alpha value is -1.31. The van der Waals surface area contributed by atoms with Crippen LogP contribution in [0.4, 0.5) is 0 Å². The third-order valence-corrected chi connectivity index (χ3v) is 2.22. The molecule has 0 unspecified atom stereocenters. The summed E-state index contributed by atoms with van der Waals surface area (Å²) in [5.41, 5.74) is 0.848. The van der Waals surface area contributed by atoms with Crippen LogP contribution in [0.5, 0.6) is 0 Å². The summed E-state index contributed by atoms with van der Waals surface area (Å²) in [4.78, 5) is 14.5. The molecule has 0 bridgehead atoms. The zero-order valence-corrected chi connectivity index (χ0v) is 7.05. The van der Waals surface area contributed by atoms with Gasteiger partial charge in [0, 0.05) is 30.2 Å². The largest absolute Gasteiger partial charge is 0.361 e. The summed E-state index contributed by atoms with van der Waals surface area (Å²) < 4.78 is 0. The number of carbonyl (C=O) groups excluding carboxylic acids is 1. The predicted octanol–water partition coefficient (Wildman–Crippen LogP) is 0.818. The van der Waals surface area contributed by atoms with Crippen molar-refractivity contribution in [2.75, 3.05) is 0 Å². The van der Waals surface area contributed by atoms with E-state index in [2.05, 4.69) is 17.1 Å². The van der Waals surface area contributed by atoms with Crippen molar-refractivity contribution >= 4 is 17.9 Å². The first-order valence-corrected chi connectivity index (χ1v) is 4.24. The Bertz CT molecular complexity index is 430. The van der Waals surface area contributed by atoms with Crippen molar-refractivity contribution in [1.82, 2.24) is 4.98 Å². The Morgan fingerprint density at radius 1 is 1.67 bits per heavy atom. The van der Waals surface area contributed by atoms with Gasteiger partial charge in [0.05, 0.1) is 0 Å². The lowest BCUT2D eigenvalue weighted by Gasteiger charge is -1.89. The van der Waals surface area contributed by atoms with E-state index in [0.717, 1.165) is 22.6 Å². The number of aromatic amines is 1. The molecule has 2 nitrogen and oxygen atoms in total. The third-order valence-electron chi connectivity index (χ3n) is 2.22. The van der Waals surface area contributed by atoms with E-state index >= 15 is 0 Å². The number of fused-ring (bicyclic) bond motifs is 1. The smallest absolute Gasteiger partial charge is 0.164 e. The number of carbonyl (C=O) groups is 1. The highest BCUT2D eigenvalue weighted by Crippen LogP contribution is 1.97. The summed E-state index contributed by atoms with van der Waals surface area (Å²) >= 11 is 0. The minimum atomic E-state index is 0. The molecule has 1 heterocycles. The van der Waals surface area contributed by atoms with Crippen molar-refractivity contribution in [2.45, 2.75) is 19.8 Å². The van der Waals surface area contributed by atoms with Gasteiger partial charge in [-0.1, -0.05) is 19.1 Å². The molecule has 1 aliphatic carbocycles. The van der Waals surface area contributed by atoms with Gasteiger partial charge in [-0.25, -0.2) is 0 Å². The molecule has 0 spiro atoms. The van der Waals surface area contributed by atoms with Gasteiger partial charge in [-0.3, -0.25) is 4.79 Å². The number of H-pyrrole nitrogens is 1. The summed E-state index contributed by atoms with van der Waals surface area (Å²) in [6.45, 7) is 1.89. The van der Waals surface area contributed by atoms with Crippen LogP contribution in [0.3, 0.4) is 0 Å². The summed E-state index contributed by atoms with van der Waals surface area (Å²) in [6, 6.07) is 0. The van der Waals surface area contributed by atoms with E-state index in [1.54, 1.807) is 0 Å². The molecular formula is C10H13NO. The fraction of sp³-hybridized carbons (Fsp3) is 0.300. The zero-order chi connectivity index (χ0) is 8.55. The van der Waals surface area contributed by atoms with E-state index in [1.165, 1.54) is 0 Å². The van der Waals surface area contributed by atoms with Gasteiger partial charge >= 0.3 is 0 Å². The summed E-state index contributed by atoms with van der Waals surface area (Å²) in [5, 5.41) is 2.20. The number of hydrogen-bond donors (Lipinski definition) is 1. The van der Waals surface area contributed by atoms with Crippen LogP contribution in [-0.2, 0) is 0 Å². The highest BCUT2D eigenvalue weighted by molar-refractivity contribution is 5.96. The van der Waals surface area contributed by atoms with E-state index in [9.17, 15) is 4.79 Å². The van der Waals surface area contributed by atoms with Crippen molar-refractivity contribution in [3.8, 4) is 0 Å². The number of aromatic nitrogens is 1. The van der Waals surface area contributed by atoms with Crippen LogP contribution in [0.2, 0.25) is 0 Å². The topological polar surface area (TPSA) is 32.9 Å². The van der Waals surface area contributed by atoms with Crippen molar-refractivity contribution in [3.63, 3.8) is 0 Å². The predicted molar refractivity (Wildman–Crippen MR) is 50.3 cm³/mol. The second-order valence-corrected chi connectivity index (χ2v) is 2.95. The minimum absolute atomic E-state index is 0. The summed E-state index contributed by atoms with van der Waals surface area (Å²) in [6.07, 6.45) is 7.53. The Balaban J connectivity index is 0.000000845. The minimum Gasteiger partial charge on any atom is -0.361 e. The maximum absolute atomic E-state index is 11.4. The Morgan fingerprint density at radius 3 is 3.25 bits per heavy atom. The quantitative estimate of drug-likeness (QED) is 0.643. The SMILES string of the molecule is CCC(=O)c1c[nH]c2c1=CCC=2.[HH]. The second kappa shape index (κ2) is 2.63. The Kier molecular flexibility index (Phi) is 1.61. The number of ketones is 1. The van der Waals surface area contributed by atoms with E-state index < -0.39 is 0 Å². The van der Waals surface area contributed by atoms with Gasteiger partial charge < -0.3 is 4.98 Å². The lowest BCUT2D eigenvalue weighted by molar-refractivity contribution is 0.0987. The maximum atomic E-state index is 11.4. The average molecular weight is 163 g/mol. The van der Waals surface area contributed by atoms with Gasteiger partial charge in [-0.05, 0) is 6.42 Å². The molecule has 2 rings (SSSR count). The van der Waals surface area contributed by atoms with Gasteiger partial charge in [0.1, 0.15) is 0 Å². The molecule has 1 aromatic rings. The normalized spacial score (nSPS) is 13.4. The molecule has 0 aliphatic heterocycles. The first kappa shape index (κ1) is 7.35. The van der Waals surface area contributed by atoms with Crippen LogP contribution in [0.25, 0.3) is 12.2 Å². The lowest BCUT2D eigenvalue weighted by atomic mass is 10.1. The molecule has 0 amide bonds. The van der Waals surface area contributed by atoms with Crippen molar-refractivity contribution in [2.24, 2.45) is 0 Å². The molecule has 1 aliphatic rings. The van der Waals surface area contributed by atoms with Gasteiger partial charge in [0.15, 0.2) is 5.78 Å². The highest BCUT2D eigenvalue weighted by Gasteiger charge is 2.08. The van der Waals surface area contributed by atoms with E-state index in [0.29, 0.717) is 6.42 Å². The number of rotatable bonds is 2. The standard InChI is InChI=1S/C10H11NO.H2/c1-2-10(12)8-6-11-9-5-3-4-7(8)9;/h4-6,11H,2-3H2,1H3;1H. The molecule has 0 aromatic carbocycles. The van der Waals surface area contributed by atoms with Gasteiger partial charge in [-0.15, -0.1) is 0 Å². The van der Waals surface area contributed by atoms with Crippen molar-refractivity contribution in [1.29, 1.82) is 0 Å².